The van der Waals surface area contributed by atoms with Crippen LogP contribution in [0.15, 0.2) is 24.3 Å². The van der Waals surface area contributed by atoms with Crippen LogP contribution in [0, 0.1) is 0 Å². The van der Waals surface area contributed by atoms with Crippen molar-refractivity contribution >= 4 is 33.2 Å². The lowest BCUT2D eigenvalue weighted by atomic mass is 10.0. The molecule has 0 saturated carbocycles. The van der Waals surface area contributed by atoms with Gasteiger partial charge in [0.25, 0.3) is 0 Å². The van der Waals surface area contributed by atoms with Gasteiger partial charge in [0.05, 0.1) is 23.1 Å². The Balaban J connectivity index is 1.46. The Kier molecular flexibility index (Phi) is 5.50. The number of hydrogen-bond acceptors (Lipinski definition) is 5. The third-order valence-corrected chi connectivity index (χ3v) is 7.29. The van der Waals surface area contributed by atoms with Gasteiger partial charge in [-0.15, -0.1) is 0 Å². The predicted molar refractivity (Wildman–Crippen MR) is 100 cm³/mol. The van der Waals surface area contributed by atoms with Crippen LogP contribution in [0.3, 0.4) is 0 Å². The lowest BCUT2D eigenvalue weighted by Crippen LogP contribution is -2.39. The third kappa shape index (κ3) is 4.47. The molecule has 1 aromatic carbocycles. The molecule has 3 atom stereocenters. The number of fused-ring (bicyclic) bond motifs is 1. The van der Waals surface area contributed by atoms with Crippen LogP contribution in [0.1, 0.15) is 43.0 Å². The van der Waals surface area contributed by atoms with Gasteiger partial charge in [-0.25, -0.2) is 13.2 Å². The lowest BCUT2D eigenvalue weighted by Gasteiger charge is -2.16. The molecular formula is C18H23N3O5S. The highest BCUT2D eigenvalue weighted by molar-refractivity contribution is 7.92. The number of nitrogens with one attached hydrogen (secondary N) is 3. The molecule has 0 radical (unpaired) electrons. The number of ketones is 1. The molecule has 2 fully saturated rings. The van der Waals surface area contributed by atoms with E-state index in [1.165, 1.54) is 6.92 Å². The van der Waals surface area contributed by atoms with Crippen LogP contribution < -0.4 is 16.0 Å². The molecule has 2 aliphatic rings. The monoisotopic (exact) mass is 393 g/mol. The van der Waals surface area contributed by atoms with Crippen LogP contribution in [0.5, 0.6) is 0 Å². The van der Waals surface area contributed by atoms with Gasteiger partial charge in [-0.1, -0.05) is 18.6 Å². The number of rotatable bonds is 7. The van der Waals surface area contributed by atoms with E-state index in [1.54, 1.807) is 24.3 Å². The number of sulfone groups is 1. The van der Waals surface area contributed by atoms with Gasteiger partial charge in [0.2, 0.25) is 5.91 Å². The summed E-state index contributed by atoms with van der Waals surface area (Å²) in [4.78, 5) is 34.8. The van der Waals surface area contributed by atoms with Gasteiger partial charge in [0, 0.05) is 17.7 Å². The first kappa shape index (κ1) is 19.3. The van der Waals surface area contributed by atoms with Crippen molar-refractivity contribution in [2.75, 3.05) is 11.1 Å². The Labute approximate surface area is 158 Å². The quantitative estimate of drug-likeness (QED) is 0.365. The normalized spacial score (nSPS) is 25.4. The van der Waals surface area contributed by atoms with Crippen molar-refractivity contribution in [2.45, 2.75) is 49.9 Å². The standard InChI is InChI=1S/C18H23N3O5S/c1-11(22)12-5-4-6-13(9-12)19-16(23)8-3-2-7-15-17-14(10-27(15,25)26)20-18(24)21-17/h4-6,9,14-15,17H,2-3,7-8,10H2,1H3,(H,19,23)(H2,20,21,24)/t14-,15+,17+/m0/s1. The number of carbonyl (C=O) groups excluding carboxylic acids is 3. The lowest BCUT2D eigenvalue weighted by molar-refractivity contribution is -0.116. The zero-order valence-corrected chi connectivity index (χ0v) is 15.8. The summed E-state index contributed by atoms with van der Waals surface area (Å²) in [6.45, 7) is 1.46. The number of Topliss-reactive ketones (excluding diaryl/α,β-unsaturated/α-hetero) is 1. The summed E-state index contributed by atoms with van der Waals surface area (Å²) in [5.74, 6) is -0.289. The third-order valence-electron chi connectivity index (χ3n) is 5.02. The second-order valence-corrected chi connectivity index (χ2v) is 9.31. The van der Waals surface area contributed by atoms with Crippen molar-refractivity contribution in [3.8, 4) is 0 Å². The van der Waals surface area contributed by atoms with Gasteiger partial charge < -0.3 is 16.0 Å². The van der Waals surface area contributed by atoms with Crippen LogP contribution in [-0.4, -0.2) is 49.2 Å². The number of benzene rings is 1. The molecule has 27 heavy (non-hydrogen) atoms. The molecule has 0 unspecified atom stereocenters. The molecule has 2 heterocycles. The first-order valence-electron chi connectivity index (χ1n) is 8.96. The van der Waals surface area contributed by atoms with Crippen LogP contribution >= 0.6 is 0 Å². The Hall–Kier alpha value is -2.42. The fraction of sp³-hybridized carbons (Fsp3) is 0.500. The van der Waals surface area contributed by atoms with E-state index in [1.807, 2.05) is 0 Å². The summed E-state index contributed by atoms with van der Waals surface area (Å²) in [6, 6.07) is 5.67. The van der Waals surface area contributed by atoms with Crippen molar-refractivity contribution in [1.29, 1.82) is 0 Å². The van der Waals surface area contributed by atoms with Gasteiger partial charge in [0.1, 0.15) is 0 Å². The highest BCUT2D eigenvalue weighted by atomic mass is 32.2. The summed E-state index contributed by atoms with van der Waals surface area (Å²) in [5.41, 5.74) is 1.09. The average Bonchev–Trinajstić information content (AvgIpc) is 3.03. The summed E-state index contributed by atoms with van der Waals surface area (Å²) in [7, 11) is -3.24. The molecular weight excluding hydrogens is 370 g/mol. The van der Waals surface area contributed by atoms with E-state index < -0.39 is 15.1 Å². The molecule has 0 aliphatic carbocycles. The Morgan fingerprint density at radius 2 is 2.00 bits per heavy atom. The molecule has 2 saturated heterocycles. The van der Waals surface area contributed by atoms with Crippen molar-refractivity contribution in [3.05, 3.63) is 29.8 Å². The summed E-state index contributed by atoms with van der Waals surface area (Å²) >= 11 is 0. The van der Waals surface area contributed by atoms with Crippen LogP contribution in [0.4, 0.5) is 10.5 Å². The predicted octanol–water partition coefficient (Wildman–Crippen LogP) is 1.24. The van der Waals surface area contributed by atoms with Crippen molar-refractivity contribution in [3.63, 3.8) is 0 Å². The molecule has 0 spiro atoms. The summed E-state index contributed by atoms with van der Waals surface area (Å²) < 4.78 is 24.5. The van der Waals surface area contributed by atoms with E-state index >= 15 is 0 Å². The second-order valence-electron chi connectivity index (χ2n) is 7.05. The van der Waals surface area contributed by atoms with Crippen molar-refractivity contribution < 1.29 is 22.8 Å². The average molecular weight is 393 g/mol. The highest BCUT2D eigenvalue weighted by Gasteiger charge is 2.51. The molecule has 2 aliphatic heterocycles. The molecule has 9 heteroatoms. The van der Waals surface area contributed by atoms with Crippen LogP contribution in [0.25, 0.3) is 0 Å². The van der Waals surface area contributed by atoms with Crippen molar-refractivity contribution in [2.24, 2.45) is 0 Å². The maximum Gasteiger partial charge on any atom is 0.315 e. The molecule has 1 aromatic rings. The van der Waals surface area contributed by atoms with E-state index in [9.17, 15) is 22.8 Å². The van der Waals surface area contributed by atoms with Crippen LogP contribution in [-0.2, 0) is 14.6 Å². The maximum absolute atomic E-state index is 12.2. The topological polar surface area (TPSA) is 121 Å². The van der Waals surface area contributed by atoms with E-state index in [0.29, 0.717) is 30.5 Å². The number of carbonyl (C=O) groups is 3. The second kappa shape index (κ2) is 7.67. The molecule has 8 nitrogen and oxygen atoms in total. The Morgan fingerprint density at radius 3 is 2.74 bits per heavy atom. The first-order valence-corrected chi connectivity index (χ1v) is 10.7. The maximum atomic E-state index is 12.2. The largest absolute Gasteiger partial charge is 0.332 e. The van der Waals surface area contributed by atoms with E-state index in [4.69, 9.17) is 0 Å². The Bertz CT molecular complexity index is 868. The summed E-state index contributed by atoms with van der Waals surface area (Å²) in [6.07, 6.45) is 1.79. The number of anilines is 1. The van der Waals surface area contributed by atoms with Gasteiger partial charge in [-0.2, -0.15) is 0 Å². The van der Waals surface area contributed by atoms with Gasteiger partial charge in [-0.05, 0) is 31.9 Å². The van der Waals surface area contributed by atoms with Gasteiger partial charge >= 0.3 is 6.03 Å². The number of amides is 3. The van der Waals surface area contributed by atoms with E-state index in [0.717, 1.165) is 0 Å². The fourth-order valence-electron chi connectivity index (χ4n) is 3.68. The van der Waals surface area contributed by atoms with Gasteiger partial charge in [-0.3, -0.25) is 9.59 Å². The summed E-state index contributed by atoms with van der Waals surface area (Å²) in [5, 5.41) is 7.46. The zero-order chi connectivity index (χ0) is 19.6. The minimum Gasteiger partial charge on any atom is -0.332 e. The van der Waals surface area contributed by atoms with E-state index in [2.05, 4.69) is 16.0 Å². The number of hydrogen-bond donors (Lipinski definition) is 3. The fourth-order valence-corrected chi connectivity index (χ4v) is 5.94. The minimum atomic E-state index is -3.24. The smallest absolute Gasteiger partial charge is 0.315 e. The van der Waals surface area contributed by atoms with Gasteiger partial charge in [0.15, 0.2) is 15.6 Å². The minimum absolute atomic E-state index is 0.0337. The molecule has 0 bridgehead atoms. The molecule has 146 valence electrons. The molecule has 3 rings (SSSR count). The molecule has 0 aromatic heterocycles. The SMILES string of the molecule is CC(=O)c1cccc(NC(=O)CCCC[C@@H]2[C@@H]3NC(=O)N[C@H]3CS2(=O)=O)c1. The number of unbranched alkanes of at least 4 members (excludes halogenated alkanes) is 1. The zero-order valence-electron chi connectivity index (χ0n) is 15.0. The van der Waals surface area contributed by atoms with E-state index in [-0.39, 0.29) is 42.0 Å². The first-order chi connectivity index (χ1) is 12.8. The molecule has 3 amide bonds. The number of urea groups is 1. The Morgan fingerprint density at radius 1 is 1.22 bits per heavy atom. The molecule has 3 N–H and O–H groups in total. The van der Waals surface area contributed by atoms with Crippen molar-refractivity contribution in [1.82, 2.24) is 10.6 Å². The van der Waals surface area contributed by atoms with Crippen LogP contribution in [0.2, 0.25) is 0 Å². The highest BCUT2D eigenvalue weighted by Crippen LogP contribution is 2.28.